The lowest BCUT2D eigenvalue weighted by Gasteiger charge is -2.24. The molecule has 1 aliphatic carbocycles. The van der Waals surface area contributed by atoms with Gasteiger partial charge in [-0.05, 0) is 41.4 Å². The number of hydrogen-bond acceptors (Lipinski definition) is 3. The standard InChI is InChI=1S/C21H25NO3/c1-12-18-16(22-19(12)20(24)25-5)10-14(11-17(18)23)13-6-8-15(9-7-13)21(2,3)4/h6-9,14,22H,10-11H2,1-5H3/t14-/m0/s1. The molecule has 0 saturated heterocycles. The third-order valence-corrected chi connectivity index (χ3v) is 5.13. The number of methoxy groups -OCH3 is 1. The molecule has 0 spiro atoms. The number of fused-ring (bicyclic) bond motifs is 1. The third-order valence-electron chi connectivity index (χ3n) is 5.13. The van der Waals surface area contributed by atoms with Crippen molar-refractivity contribution in [3.8, 4) is 0 Å². The second-order valence-electron chi connectivity index (χ2n) is 7.87. The number of ketones is 1. The fourth-order valence-corrected chi connectivity index (χ4v) is 3.63. The maximum atomic E-state index is 12.7. The largest absolute Gasteiger partial charge is 0.464 e. The summed E-state index contributed by atoms with van der Waals surface area (Å²) in [6, 6.07) is 8.55. The van der Waals surface area contributed by atoms with Crippen LogP contribution in [0.15, 0.2) is 24.3 Å². The van der Waals surface area contributed by atoms with E-state index in [0.717, 1.165) is 12.1 Å². The van der Waals surface area contributed by atoms with Crippen LogP contribution in [0.2, 0.25) is 0 Å². The fraction of sp³-hybridized carbons (Fsp3) is 0.429. The SMILES string of the molecule is COC(=O)c1[nH]c2c(c1C)C(=O)C[C@@H](c1ccc(C(C)(C)C)cc1)C2. The highest BCUT2D eigenvalue weighted by Gasteiger charge is 2.32. The second-order valence-corrected chi connectivity index (χ2v) is 7.87. The minimum Gasteiger partial charge on any atom is -0.464 e. The Hall–Kier alpha value is -2.36. The van der Waals surface area contributed by atoms with E-state index in [1.165, 1.54) is 18.2 Å². The van der Waals surface area contributed by atoms with Crippen LogP contribution in [0.4, 0.5) is 0 Å². The van der Waals surface area contributed by atoms with Gasteiger partial charge in [0.2, 0.25) is 0 Å². The Labute approximate surface area is 148 Å². The predicted molar refractivity (Wildman–Crippen MR) is 97.4 cm³/mol. The number of carbonyl (C=O) groups is 2. The first-order valence-corrected chi connectivity index (χ1v) is 8.65. The lowest BCUT2D eigenvalue weighted by Crippen LogP contribution is -2.19. The Morgan fingerprint density at radius 1 is 1.16 bits per heavy atom. The highest BCUT2D eigenvalue weighted by Crippen LogP contribution is 2.36. The van der Waals surface area contributed by atoms with Crippen molar-refractivity contribution in [3.05, 3.63) is 57.9 Å². The van der Waals surface area contributed by atoms with E-state index in [1.807, 2.05) is 0 Å². The second kappa shape index (κ2) is 6.17. The first-order valence-electron chi connectivity index (χ1n) is 8.65. The summed E-state index contributed by atoms with van der Waals surface area (Å²) in [7, 11) is 1.35. The number of benzene rings is 1. The van der Waals surface area contributed by atoms with Gasteiger partial charge in [-0.3, -0.25) is 4.79 Å². The van der Waals surface area contributed by atoms with Gasteiger partial charge in [0.1, 0.15) is 5.69 Å². The topological polar surface area (TPSA) is 59.2 Å². The van der Waals surface area contributed by atoms with Crippen molar-refractivity contribution in [2.75, 3.05) is 7.11 Å². The number of H-pyrrole nitrogens is 1. The van der Waals surface area contributed by atoms with Gasteiger partial charge >= 0.3 is 5.97 Å². The van der Waals surface area contributed by atoms with Crippen molar-refractivity contribution in [2.24, 2.45) is 0 Å². The molecule has 1 atom stereocenters. The number of aromatic nitrogens is 1. The van der Waals surface area contributed by atoms with Gasteiger partial charge in [0.15, 0.2) is 5.78 Å². The minimum absolute atomic E-state index is 0.0926. The molecule has 1 aliphatic rings. The fourth-order valence-electron chi connectivity index (χ4n) is 3.63. The highest BCUT2D eigenvalue weighted by molar-refractivity contribution is 6.03. The van der Waals surface area contributed by atoms with Crippen LogP contribution in [0.1, 0.15) is 76.3 Å². The van der Waals surface area contributed by atoms with Crippen LogP contribution < -0.4 is 0 Å². The first-order chi connectivity index (χ1) is 11.7. The molecule has 4 heteroatoms. The summed E-state index contributed by atoms with van der Waals surface area (Å²) in [4.78, 5) is 27.7. The van der Waals surface area contributed by atoms with Gasteiger partial charge in [0.05, 0.1) is 7.11 Å². The molecule has 0 fully saturated rings. The molecule has 1 aromatic heterocycles. The number of hydrogen-bond donors (Lipinski definition) is 1. The van der Waals surface area contributed by atoms with Crippen LogP contribution in [0.5, 0.6) is 0 Å². The summed E-state index contributed by atoms with van der Waals surface area (Å²) in [5, 5.41) is 0. The molecule has 4 nitrogen and oxygen atoms in total. The Morgan fingerprint density at radius 3 is 2.36 bits per heavy atom. The van der Waals surface area contributed by atoms with Gasteiger partial charge in [0, 0.05) is 17.7 Å². The lowest BCUT2D eigenvalue weighted by molar-refractivity contribution is 0.0593. The first kappa shape index (κ1) is 17.5. The molecular formula is C21H25NO3. The van der Waals surface area contributed by atoms with Crippen molar-refractivity contribution < 1.29 is 14.3 Å². The molecule has 0 amide bonds. The van der Waals surface area contributed by atoms with E-state index in [4.69, 9.17) is 4.74 Å². The van der Waals surface area contributed by atoms with Crippen LogP contribution in [0.3, 0.4) is 0 Å². The van der Waals surface area contributed by atoms with Gasteiger partial charge in [-0.1, -0.05) is 45.0 Å². The number of esters is 1. The molecule has 1 N–H and O–H groups in total. The molecule has 1 heterocycles. The zero-order chi connectivity index (χ0) is 18.4. The van der Waals surface area contributed by atoms with Crippen molar-refractivity contribution in [3.63, 3.8) is 0 Å². The van der Waals surface area contributed by atoms with Crippen molar-refractivity contribution in [2.45, 2.75) is 51.9 Å². The molecule has 0 unspecified atom stereocenters. The normalized spacial score (nSPS) is 17.3. The number of rotatable bonds is 2. The maximum Gasteiger partial charge on any atom is 0.354 e. The molecule has 0 aliphatic heterocycles. The molecule has 0 radical (unpaired) electrons. The lowest BCUT2D eigenvalue weighted by atomic mass is 9.80. The van der Waals surface area contributed by atoms with Gasteiger partial charge in [-0.25, -0.2) is 4.79 Å². The van der Waals surface area contributed by atoms with Gasteiger partial charge in [0.25, 0.3) is 0 Å². The average Bonchev–Trinajstić information content (AvgIpc) is 2.90. The summed E-state index contributed by atoms with van der Waals surface area (Å²) in [5.41, 5.74) is 5.17. The Kier molecular flexibility index (Phi) is 4.31. The monoisotopic (exact) mass is 339 g/mol. The molecule has 25 heavy (non-hydrogen) atoms. The predicted octanol–water partition coefficient (Wildman–Crippen LogP) is 4.32. The molecule has 2 aromatic rings. The number of aromatic amines is 1. The van der Waals surface area contributed by atoms with Gasteiger partial charge in [-0.2, -0.15) is 0 Å². The molecule has 1 aromatic carbocycles. The summed E-state index contributed by atoms with van der Waals surface area (Å²) in [5.74, 6) is -0.196. The summed E-state index contributed by atoms with van der Waals surface area (Å²) in [6.45, 7) is 8.37. The minimum atomic E-state index is -0.425. The number of nitrogens with one attached hydrogen (secondary N) is 1. The Bertz CT molecular complexity index is 822. The molecule has 3 rings (SSSR count). The number of ether oxygens (including phenoxy) is 1. The maximum absolute atomic E-state index is 12.7. The van der Waals surface area contributed by atoms with Crippen molar-refractivity contribution in [1.29, 1.82) is 0 Å². The Balaban J connectivity index is 1.91. The van der Waals surface area contributed by atoms with E-state index < -0.39 is 5.97 Å². The summed E-state index contributed by atoms with van der Waals surface area (Å²) < 4.78 is 4.81. The summed E-state index contributed by atoms with van der Waals surface area (Å²) in [6.07, 6.45) is 1.20. The smallest absolute Gasteiger partial charge is 0.354 e. The summed E-state index contributed by atoms with van der Waals surface area (Å²) >= 11 is 0. The zero-order valence-electron chi connectivity index (χ0n) is 15.5. The van der Waals surface area contributed by atoms with E-state index >= 15 is 0 Å². The number of carbonyl (C=O) groups excluding carboxylic acids is 2. The van der Waals surface area contributed by atoms with Crippen molar-refractivity contribution in [1.82, 2.24) is 4.98 Å². The van der Waals surface area contributed by atoms with E-state index in [1.54, 1.807) is 6.92 Å². The van der Waals surface area contributed by atoms with Crippen LogP contribution in [0.25, 0.3) is 0 Å². The molecule has 132 valence electrons. The Morgan fingerprint density at radius 2 is 1.80 bits per heavy atom. The molecule has 0 saturated carbocycles. The highest BCUT2D eigenvalue weighted by atomic mass is 16.5. The quantitative estimate of drug-likeness (QED) is 0.829. The van der Waals surface area contributed by atoms with Gasteiger partial charge < -0.3 is 9.72 Å². The van der Waals surface area contributed by atoms with E-state index in [0.29, 0.717) is 23.2 Å². The van der Waals surface area contributed by atoms with E-state index in [2.05, 4.69) is 50.0 Å². The van der Waals surface area contributed by atoms with Crippen molar-refractivity contribution >= 4 is 11.8 Å². The third kappa shape index (κ3) is 3.13. The van der Waals surface area contributed by atoms with E-state index in [9.17, 15) is 9.59 Å². The van der Waals surface area contributed by atoms with Crippen LogP contribution >= 0.6 is 0 Å². The van der Waals surface area contributed by atoms with Crippen LogP contribution in [-0.4, -0.2) is 23.8 Å². The van der Waals surface area contributed by atoms with E-state index in [-0.39, 0.29) is 17.1 Å². The average molecular weight is 339 g/mol. The molecular weight excluding hydrogens is 314 g/mol. The number of Topliss-reactive ketones (excluding diaryl/α,β-unsaturated/α-hetero) is 1. The van der Waals surface area contributed by atoms with Gasteiger partial charge in [-0.15, -0.1) is 0 Å². The van der Waals surface area contributed by atoms with Crippen LogP contribution in [0, 0.1) is 6.92 Å². The zero-order valence-corrected chi connectivity index (χ0v) is 15.5. The van der Waals surface area contributed by atoms with Crippen LogP contribution in [-0.2, 0) is 16.6 Å². The molecule has 0 bridgehead atoms.